The van der Waals surface area contributed by atoms with Gasteiger partial charge in [-0.25, -0.2) is 9.98 Å². The predicted octanol–water partition coefficient (Wildman–Crippen LogP) is 2.09. The third-order valence-corrected chi connectivity index (χ3v) is 3.49. The van der Waals surface area contributed by atoms with Crippen molar-refractivity contribution >= 4 is 5.96 Å². The minimum absolute atomic E-state index is 0.559. The van der Waals surface area contributed by atoms with Crippen molar-refractivity contribution in [2.24, 2.45) is 4.99 Å². The van der Waals surface area contributed by atoms with Crippen molar-refractivity contribution in [3.05, 3.63) is 23.9 Å². The molecule has 0 atom stereocenters. The lowest BCUT2D eigenvalue weighted by Gasteiger charge is -2.16. The lowest BCUT2D eigenvalue weighted by atomic mass is 10.2. The van der Waals surface area contributed by atoms with Crippen molar-refractivity contribution in [3.8, 4) is 5.88 Å². The normalized spacial score (nSPS) is 16.2. The summed E-state index contributed by atoms with van der Waals surface area (Å²) in [5, 5.41) is 6.80. The molecule has 1 aliphatic rings. The lowest BCUT2D eigenvalue weighted by Crippen LogP contribution is -2.42. The summed E-state index contributed by atoms with van der Waals surface area (Å²) in [4.78, 5) is 8.82. The van der Waals surface area contributed by atoms with E-state index < -0.39 is 0 Å². The first kappa shape index (κ1) is 14.6. The lowest BCUT2D eigenvalue weighted by molar-refractivity contribution is 0.392. The van der Waals surface area contributed by atoms with Gasteiger partial charge < -0.3 is 15.4 Å². The van der Waals surface area contributed by atoms with Crippen molar-refractivity contribution in [1.29, 1.82) is 0 Å². The van der Waals surface area contributed by atoms with Gasteiger partial charge in [0.05, 0.1) is 13.7 Å². The number of ether oxygens (including phenoxy) is 1. The molecule has 2 rings (SSSR count). The maximum atomic E-state index is 5.25. The molecule has 1 aromatic rings. The molecule has 1 fully saturated rings. The SMILES string of the molecule is CCNC(=NCc1cccnc1OC)NC1CCCC1. The summed E-state index contributed by atoms with van der Waals surface area (Å²) in [6, 6.07) is 4.46. The molecule has 5 nitrogen and oxygen atoms in total. The third-order valence-electron chi connectivity index (χ3n) is 3.49. The first-order chi connectivity index (χ1) is 9.83. The molecule has 5 heteroatoms. The molecule has 0 bridgehead atoms. The standard InChI is InChI=1S/C15H24N4O/c1-3-16-15(19-13-8-4-5-9-13)18-11-12-7-6-10-17-14(12)20-2/h6-7,10,13H,3-5,8-9,11H2,1-2H3,(H2,16,18,19). The van der Waals surface area contributed by atoms with E-state index in [0.717, 1.165) is 18.1 Å². The van der Waals surface area contributed by atoms with Crippen LogP contribution in [0.4, 0.5) is 0 Å². The van der Waals surface area contributed by atoms with Gasteiger partial charge in [-0.2, -0.15) is 0 Å². The van der Waals surface area contributed by atoms with Crippen molar-refractivity contribution in [2.45, 2.75) is 45.2 Å². The van der Waals surface area contributed by atoms with Crippen LogP contribution in [0, 0.1) is 0 Å². The van der Waals surface area contributed by atoms with E-state index in [1.807, 2.05) is 12.1 Å². The third kappa shape index (κ3) is 4.11. The van der Waals surface area contributed by atoms with E-state index in [-0.39, 0.29) is 0 Å². The minimum Gasteiger partial charge on any atom is -0.481 e. The Morgan fingerprint density at radius 2 is 2.25 bits per heavy atom. The van der Waals surface area contributed by atoms with Gasteiger partial charge in [0.2, 0.25) is 5.88 Å². The number of rotatable bonds is 5. The van der Waals surface area contributed by atoms with Crippen molar-refractivity contribution in [3.63, 3.8) is 0 Å². The Bertz CT molecular complexity index is 441. The Kier molecular flexibility index (Phi) is 5.65. The van der Waals surface area contributed by atoms with Crippen LogP contribution in [0.3, 0.4) is 0 Å². The largest absolute Gasteiger partial charge is 0.481 e. The monoisotopic (exact) mass is 276 g/mol. The fourth-order valence-electron chi connectivity index (χ4n) is 2.48. The quantitative estimate of drug-likeness (QED) is 0.638. The van der Waals surface area contributed by atoms with Gasteiger partial charge in [0, 0.05) is 24.3 Å². The van der Waals surface area contributed by atoms with Gasteiger partial charge in [-0.05, 0) is 25.8 Å². The van der Waals surface area contributed by atoms with Gasteiger partial charge in [0.25, 0.3) is 0 Å². The van der Waals surface area contributed by atoms with Gasteiger partial charge in [0.15, 0.2) is 5.96 Å². The Morgan fingerprint density at radius 3 is 2.95 bits per heavy atom. The van der Waals surface area contributed by atoms with Crippen LogP contribution in [-0.2, 0) is 6.54 Å². The fraction of sp³-hybridized carbons (Fsp3) is 0.600. The number of pyridine rings is 1. The number of methoxy groups -OCH3 is 1. The fourth-order valence-corrected chi connectivity index (χ4v) is 2.48. The summed E-state index contributed by atoms with van der Waals surface area (Å²) in [6.45, 7) is 3.51. The molecule has 0 aromatic carbocycles. The average molecular weight is 276 g/mol. The van der Waals surface area contributed by atoms with Crippen molar-refractivity contribution < 1.29 is 4.74 Å². The molecule has 0 radical (unpaired) electrons. The van der Waals surface area contributed by atoms with Gasteiger partial charge in [0.1, 0.15) is 0 Å². The topological polar surface area (TPSA) is 58.5 Å². The number of hydrogen-bond acceptors (Lipinski definition) is 3. The van der Waals surface area contributed by atoms with Crippen LogP contribution in [0.2, 0.25) is 0 Å². The summed E-state index contributed by atoms with van der Waals surface area (Å²) in [5.41, 5.74) is 0.999. The first-order valence-electron chi connectivity index (χ1n) is 7.36. The summed E-state index contributed by atoms with van der Waals surface area (Å²) in [6.07, 6.45) is 6.83. The Hall–Kier alpha value is -1.78. The van der Waals surface area contributed by atoms with Crippen LogP contribution >= 0.6 is 0 Å². The molecule has 0 aliphatic heterocycles. The first-order valence-corrected chi connectivity index (χ1v) is 7.36. The highest BCUT2D eigenvalue weighted by Crippen LogP contribution is 2.18. The second kappa shape index (κ2) is 7.72. The molecule has 1 heterocycles. The van der Waals surface area contributed by atoms with Gasteiger partial charge in [-0.3, -0.25) is 0 Å². The van der Waals surface area contributed by atoms with Gasteiger partial charge in [-0.1, -0.05) is 18.9 Å². The molecule has 1 aliphatic carbocycles. The Morgan fingerprint density at radius 1 is 1.45 bits per heavy atom. The predicted molar refractivity (Wildman–Crippen MR) is 81.0 cm³/mol. The van der Waals surface area contributed by atoms with E-state index in [1.54, 1.807) is 13.3 Å². The zero-order chi connectivity index (χ0) is 14.2. The number of guanidine groups is 1. The zero-order valence-corrected chi connectivity index (χ0v) is 12.4. The van der Waals surface area contributed by atoms with E-state index in [9.17, 15) is 0 Å². The molecule has 2 N–H and O–H groups in total. The molecule has 0 unspecified atom stereocenters. The zero-order valence-electron chi connectivity index (χ0n) is 12.4. The van der Waals surface area contributed by atoms with Crippen LogP contribution in [0.5, 0.6) is 5.88 Å². The smallest absolute Gasteiger partial charge is 0.218 e. The highest BCUT2D eigenvalue weighted by Gasteiger charge is 2.15. The molecule has 1 aromatic heterocycles. The molecular formula is C15H24N4O. The number of nitrogens with zero attached hydrogens (tertiary/aromatic N) is 2. The molecule has 1 saturated carbocycles. The molecule has 0 spiro atoms. The number of hydrogen-bond donors (Lipinski definition) is 2. The number of aromatic nitrogens is 1. The van der Waals surface area contributed by atoms with Gasteiger partial charge in [-0.15, -0.1) is 0 Å². The van der Waals surface area contributed by atoms with E-state index >= 15 is 0 Å². The molecule has 20 heavy (non-hydrogen) atoms. The second-order valence-electron chi connectivity index (χ2n) is 4.99. The van der Waals surface area contributed by atoms with Crippen LogP contribution in [0.15, 0.2) is 23.3 Å². The molecular weight excluding hydrogens is 252 g/mol. The van der Waals surface area contributed by atoms with Crippen molar-refractivity contribution in [1.82, 2.24) is 15.6 Å². The summed E-state index contributed by atoms with van der Waals surface area (Å²) < 4.78 is 5.25. The second-order valence-corrected chi connectivity index (χ2v) is 4.99. The van der Waals surface area contributed by atoms with Crippen molar-refractivity contribution in [2.75, 3.05) is 13.7 Å². The van der Waals surface area contributed by atoms with Crippen LogP contribution in [-0.4, -0.2) is 30.6 Å². The molecule has 110 valence electrons. The van der Waals surface area contributed by atoms with E-state index in [1.165, 1.54) is 25.7 Å². The summed E-state index contributed by atoms with van der Waals surface area (Å²) in [7, 11) is 1.64. The Balaban J connectivity index is 2.00. The van der Waals surface area contributed by atoms with E-state index in [2.05, 4.69) is 27.5 Å². The molecule has 0 saturated heterocycles. The summed E-state index contributed by atoms with van der Waals surface area (Å²) in [5.74, 6) is 1.53. The minimum atomic E-state index is 0.559. The number of aliphatic imine (C=N–C) groups is 1. The van der Waals surface area contributed by atoms with E-state index in [0.29, 0.717) is 18.5 Å². The maximum absolute atomic E-state index is 5.25. The Labute approximate surface area is 120 Å². The van der Waals surface area contributed by atoms with Gasteiger partial charge >= 0.3 is 0 Å². The van der Waals surface area contributed by atoms with Crippen LogP contribution in [0.1, 0.15) is 38.2 Å². The van der Waals surface area contributed by atoms with E-state index in [4.69, 9.17) is 4.74 Å². The highest BCUT2D eigenvalue weighted by molar-refractivity contribution is 5.80. The average Bonchev–Trinajstić information content (AvgIpc) is 2.98. The van der Waals surface area contributed by atoms with Crippen LogP contribution < -0.4 is 15.4 Å². The number of nitrogens with one attached hydrogen (secondary N) is 2. The summed E-state index contributed by atoms with van der Waals surface area (Å²) >= 11 is 0. The maximum Gasteiger partial charge on any atom is 0.218 e. The highest BCUT2D eigenvalue weighted by atomic mass is 16.5. The molecule has 0 amide bonds. The van der Waals surface area contributed by atoms with Crippen LogP contribution in [0.25, 0.3) is 0 Å².